The molecule has 1 aromatic carbocycles. The Morgan fingerprint density at radius 3 is 2.20 bits per heavy atom. The zero-order valence-corrected chi connectivity index (χ0v) is 9.68. The van der Waals surface area contributed by atoms with Crippen LogP contribution in [-0.2, 0) is 15.3 Å². The fourth-order valence-electron chi connectivity index (χ4n) is 2.01. The van der Waals surface area contributed by atoms with Crippen molar-refractivity contribution < 1.29 is 8.42 Å². The molecular weight excluding hydrogens is 234 g/mol. The first-order chi connectivity index (χ1) is 6.97. The highest BCUT2D eigenvalue weighted by molar-refractivity contribution is 7.93. The molecule has 0 atom stereocenters. The first-order valence-corrected chi connectivity index (χ1v) is 6.84. The Balaban J connectivity index is 2.33. The highest BCUT2D eigenvalue weighted by Gasteiger charge is 2.48. The van der Waals surface area contributed by atoms with Crippen LogP contribution in [0.25, 0.3) is 0 Å². The van der Waals surface area contributed by atoms with Crippen LogP contribution in [0.4, 0.5) is 0 Å². The van der Waals surface area contributed by atoms with Crippen molar-refractivity contribution in [2.45, 2.75) is 5.41 Å². The molecule has 0 unspecified atom stereocenters. The molecule has 3 nitrogen and oxygen atoms in total. The fraction of sp³-hybridized carbons (Fsp3) is 0.400. The van der Waals surface area contributed by atoms with Crippen molar-refractivity contribution >= 4 is 21.4 Å². The first-order valence-electron chi connectivity index (χ1n) is 4.64. The summed E-state index contributed by atoms with van der Waals surface area (Å²) in [7, 11) is -2.87. The molecule has 2 N–H and O–H groups in total. The molecule has 2 rings (SSSR count). The van der Waals surface area contributed by atoms with E-state index in [2.05, 4.69) is 0 Å². The molecule has 0 aromatic heterocycles. The van der Waals surface area contributed by atoms with Crippen molar-refractivity contribution in [3.63, 3.8) is 0 Å². The van der Waals surface area contributed by atoms with Gasteiger partial charge in [0.15, 0.2) is 9.84 Å². The van der Waals surface area contributed by atoms with E-state index in [-0.39, 0.29) is 16.9 Å². The van der Waals surface area contributed by atoms with Crippen LogP contribution in [0, 0.1) is 0 Å². The summed E-state index contributed by atoms with van der Waals surface area (Å²) in [4.78, 5) is 0. The number of benzene rings is 1. The van der Waals surface area contributed by atoms with E-state index in [4.69, 9.17) is 17.3 Å². The number of nitrogens with two attached hydrogens (primary N) is 1. The van der Waals surface area contributed by atoms with Gasteiger partial charge in [-0.2, -0.15) is 0 Å². The second-order valence-electron chi connectivity index (χ2n) is 4.02. The third-order valence-corrected chi connectivity index (χ3v) is 5.08. The number of sulfone groups is 1. The lowest BCUT2D eigenvalue weighted by Gasteiger charge is -2.40. The second kappa shape index (κ2) is 3.47. The Labute approximate surface area is 94.2 Å². The van der Waals surface area contributed by atoms with Crippen molar-refractivity contribution in [3.05, 3.63) is 34.9 Å². The molecule has 5 heteroatoms. The minimum atomic E-state index is -2.87. The van der Waals surface area contributed by atoms with E-state index < -0.39 is 9.84 Å². The molecule has 0 spiro atoms. The summed E-state index contributed by atoms with van der Waals surface area (Å²) in [6.07, 6.45) is 0. The number of hydrogen-bond acceptors (Lipinski definition) is 3. The van der Waals surface area contributed by atoms with Gasteiger partial charge in [0.1, 0.15) is 0 Å². The minimum Gasteiger partial charge on any atom is -0.330 e. The first kappa shape index (κ1) is 10.9. The molecule has 1 aliphatic heterocycles. The van der Waals surface area contributed by atoms with Gasteiger partial charge in [0.25, 0.3) is 0 Å². The van der Waals surface area contributed by atoms with Crippen molar-refractivity contribution in [2.24, 2.45) is 5.73 Å². The maximum atomic E-state index is 11.2. The average Bonchev–Trinajstić information content (AvgIpc) is 2.14. The summed E-state index contributed by atoms with van der Waals surface area (Å²) in [6.45, 7) is 0.355. The molecular formula is C10H12ClNO2S. The molecule has 0 radical (unpaired) electrons. The van der Waals surface area contributed by atoms with Crippen molar-refractivity contribution in [1.82, 2.24) is 0 Å². The van der Waals surface area contributed by atoms with Crippen LogP contribution in [0.2, 0.25) is 5.02 Å². The van der Waals surface area contributed by atoms with Gasteiger partial charge in [0, 0.05) is 17.0 Å². The van der Waals surface area contributed by atoms with Gasteiger partial charge >= 0.3 is 0 Å². The van der Waals surface area contributed by atoms with Crippen LogP contribution in [0.5, 0.6) is 0 Å². The Morgan fingerprint density at radius 2 is 1.80 bits per heavy atom. The Kier molecular flexibility index (Phi) is 2.53. The molecule has 0 amide bonds. The summed E-state index contributed by atoms with van der Waals surface area (Å²) >= 11 is 5.77. The standard InChI is InChI=1S/C10H12ClNO2S/c11-9-3-1-8(2-4-9)10(5-12)6-15(13,14)7-10/h1-4H,5-7,12H2. The van der Waals surface area contributed by atoms with Crippen LogP contribution in [-0.4, -0.2) is 26.5 Å². The zero-order chi connectivity index (χ0) is 11.1. The largest absolute Gasteiger partial charge is 0.330 e. The van der Waals surface area contributed by atoms with Gasteiger partial charge in [-0.3, -0.25) is 0 Å². The van der Waals surface area contributed by atoms with Gasteiger partial charge in [0.05, 0.1) is 11.5 Å². The number of halogens is 1. The van der Waals surface area contributed by atoms with Crippen LogP contribution in [0.15, 0.2) is 24.3 Å². The Bertz CT molecular complexity index is 455. The van der Waals surface area contributed by atoms with E-state index in [1.54, 1.807) is 12.1 Å². The highest BCUT2D eigenvalue weighted by atomic mass is 35.5. The normalized spacial score (nSPS) is 22.0. The second-order valence-corrected chi connectivity index (χ2v) is 6.52. The maximum absolute atomic E-state index is 11.2. The molecule has 0 aliphatic carbocycles. The van der Waals surface area contributed by atoms with Crippen molar-refractivity contribution in [2.75, 3.05) is 18.1 Å². The van der Waals surface area contributed by atoms with E-state index in [1.165, 1.54) is 0 Å². The van der Waals surface area contributed by atoms with Crippen LogP contribution in [0.3, 0.4) is 0 Å². The minimum absolute atomic E-state index is 0.151. The summed E-state index contributed by atoms with van der Waals surface area (Å²) in [5.41, 5.74) is 6.24. The smallest absolute Gasteiger partial charge is 0.152 e. The highest BCUT2D eigenvalue weighted by Crippen LogP contribution is 2.36. The van der Waals surface area contributed by atoms with Gasteiger partial charge in [-0.25, -0.2) is 8.42 Å². The van der Waals surface area contributed by atoms with Gasteiger partial charge in [-0.15, -0.1) is 0 Å². The number of hydrogen-bond donors (Lipinski definition) is 1. The molecule has 1 aliphatic rings. The SMILES string of the molecule is NCC1(c2ccc(Cl)cc2)CS(=O)(=O)C1. The predicted molar refractivity (Wildman–Crippen MR) is 60.8 cm³/mol. The monoisotopic (exact) mass is 245 g/mol. The lowest BCUT2D eigenvalue weighted by atomic mass is 9.83. The summed E-state index contributed by atoms with van der Waals surface area (Å²) in [5.74, 6) is 0.302. The van der Waals surface area contributed by atoms with Gasteiger partial charge in [-0.05, 0) is 17.7 Å². The third-order valence-electron chi connectivity index (χ3n) is 2.84. The van der Waals surface area contributed by atoms with Crippen LogP contribution < -0.4 is 5.73 Å². The van der Waals surface area contributed by atoms with Gasteiger partial charge in [-0.1, -0.05) is 23.7 Å². The zero-order valence-electron chi connectivity index (χ0n) is 8.11. The third kappa shape index (κ3) is 1.89. The molecule has 1 heterocycles. The Morgan fingerprint density at radius 1 is 1.27 bits per heavy atom. The maximum Gasteiger partial charge on any atom is 0.152 e. The molecule has 0 bridgehead atoms. The van der Waals surface area contributed by atoms with E-state index >= 15 is 0 Å². The van der Waals surface area contributed by atoms with Crippen LogP contribution >= 0.6 is 11.6 Å². The Hall–Kier alpha value is -0.580. The van der Waals surface area contributed by atoms with E-state index in [0.717, 1.165) is 5.56 Å². The van der Waals surface area contributed by atoms with E-state index in [9.17, 15) is 8.42 Å². The molecule has 1 saturated heterocycles. The van der Waals surface area contributed by atoms with Crippen LogP contribution in [0.1, 0.15) is 5.56 Å². The lowest BCUT2D eigenvalue weighted by molar-refractivity contribution is 0.465. The molecule has 1 aromatic rings. The molecule has 82 valence electrons. The predicted octanol–water partition coefficient (Wildman–Crippen LogP) is 0.965. The molecule has 0 saturated carbocycles. The molecule has 1 fully saturated rings. The van der Waals surface area contributed by atoms with Gasteiger partial charge in [0.2, 0.25) is 0 Å². The number of rotatable bonds is 2. The lowest BCUT2D eigenvalue weighted by Crippen LogP contribution is -2.56. The van der Waals surface area contributed by atoms with Crippen molar-refractivity contribution in [1.29, 1.82) is 0 Å². The summed E-state index contributed by atoms with van der Waals surface area (Å²) < 4.78 is 22.4. The van der Waals surface area contributed by atoms with Crippen molar-refractivity contribution in [3.8, 4) is 0 Å². The quantitative estimate of drug-likeness (QED) is 0.845. The average molecular weight is 246 g/mol. The van der Waals surface area contributed by atoms with E-state index in [0.29, 0.717) is 11.6 Å². The fourth-order valence-corrected chi connectivity index (χ4v) is 4.30. The summed E-state index contributed by atoms with van der Waals surface area (Å²) in [6, 6.07) is 7.23. The topological polar surface area (TPSA) is 60.2 Å². The van der Waals surface area contributed by atoms with Gasteiger partial charge < -0.3 is 5.73 Å². The van der Waals surface area contributed by atoms with E-state index in [1.807, 2.05) is 12.1 Å². The summed E-state index contributed by atoms with van der Waals surface area (Å²) in [5, 5.41) is 0.646. The molecule has 15 heavy (non-hydrogen) atoms.